The van der Waals surface area contributed by atoms with E-state index in [2.05, 4.69) is 0 Å². The molecule has 1 rings (SSSR count). The second-order valence-electron chi connectivity index (χ2n) is 2.72. The molecule has 0 amide bonds. The molecule has 0 unspecified atom stereocenters. The second-order valence-corrected chi connectivity index (χ2v) is 4.11. The normalized spacial score (nSPS) is 9.83. The molecule has 0 aliphatic carbocycles. The quantitative estimate of drug-likeness (QED) is 0.322. The predicted octanol–water partition coefficient (Wildman–Crippen LogP) is -0.757. The standard InChI is InChI=1S/C7H5NO7S.2K.2H/c9-7(10)5-2-1-4(8(11)12)3-6(5)16(13,14)15;;;;/h1-3H,(H,9,10)(H,13,14,15);;;;. The summed E-state index contributed by atoms with van der Waals surface area (Å²) in [6.45, 7) is 0. The number of hydrogen-bond donors (Lipinski definition) is 2. The predicted molar refractivity (Wildman–Crippen MR) is 64.2 cm³/mol. The molecule has 1 aromatic carbocycles. The maximum absolute atomic E-state index is 10.8. The van der Waals surface area contributed by atoms with Gasteiger partial charge in [0.2, 0.25) is 0 Å². The fraction of sp³-hybridized carbons (Fsp3) is 0. The Labute approximate surface area is 187 Å². The summed E-state index contributed by atoms with van der Waals surface area (Å²) in [5, 5.41) is 19.0. The molecule has 11 heteroatoms. The Morgan fingerprint density at radius 1 is 1.28 bits per heavy atom. The zero-order valence-corrected chi connectivity index (χ0v) is 8.34. The van der Waals surface area contributed by atoms with Crippen LogP contribution < -0.4 is 0 Å². The first-order valence-electron chi connectivity index (χ1n) is 3.72. The molecule has 0 radical (unpaired) electrons. The third kappa shape index (κ3) is 5.72. The van der Waals surface area contributed by atoms with Crippen LogP contribution in [-0.4, -0.2) is 132 Å². The van der Waals surface area contributed by atoms with Crippen LogP contribution in [0.3, 0.4) is 0 Å². The van der Waals surface area contributed by atoms with E-state index in [1.54, 1.807) is 0 Å². The summed E-state index contributed by atoms with van der Waals surface area (Å²) in [4.78, 5) is 19.0. The van der Waals surface area contributed by atoms with Crippen LogP contribution in [-0.2, 0) is 10.1 Å². The van der Waals surface area contributed by atoms with Crippen LogP contribution in [0.1, 0.15) is 10.4 Å². The van der Waals surface area contributed by atoms with Crippen molar-refractivity contribution in [3.63, 3.8) is 0 Å². The fourth-order valence-electron chi connectivity index (χ4n) is 1.01. The van der Waals surface area contributed by atoms with E-state index in [0.717, 1.165) is 12.1 Å². The van der Waals surface area contributed by atoms with Crippen molar-refractivity contribution >= 4 is 125 Å². The number of benzene rings is 1. The number of nitrogens with zero attached hydrogens (tertiary/aromatic N) is 1. The minimum atomic E-state index is -4.82. The molecule has 0 fully saturated rings. The van der Waals surface area contributed by atoms with E-state index in [4.69, 9.17) is 9.66 Å². The molecule has 0 atom stereocenters. The Morgan fingerprint density at radius 3 is 2.11 bits per heavy atom. The van der Waals surface area contributed by atoms with Gasteiger partial charge in [-0.1, -0.05) is 0 Å². The molecule has 0 heterocycles. The van der Waals surface area contributed by atoms with Gasteiger partial charge in [0, 0.05) is 12.1 Å². The van der Waals surface area contributed by atoms with E-state index in [9.17, 15) is 23.3 Å². The first kappa shape index (κ1) is 21.6. The summed E-state index contributed by atoms with van der Waals surface area (Å²) in [7, 11) is -4.82. The topological polar surface area (TPSA) is 135 Å². The van der Waals surface area contributed by atoms with Crippen LogP contribution in [0.15, 0.2) is 23.1 Å². The van der Waals surface area contributed by atoms with E-state index < -0.39 is 37.2 Å². The molecule has 90 valence electrons. The molecule has 0 saturated carbocycles. The van der Waals surface area contributed by atoms with E-state index in [1.165, 1.54) is 0 Å². The van der Waals surface area contributed by atoms with Crippen molar-refractivity contribution in [2.75, 3.05) is 0 Å². The van der Waals surface area contributed by atoms with E-state index >= 15 is 0 Å². The summed E-state index contributed by atoms with van der Waals surface area (Å²) in [5.41, 5.74) is -1.36. The second kappa shape index (κ2) is 8.54. The molecule has 0 aliphatic heterocycles. The molecule has 0 saturated heterocycles. The Morgan fingerprint density at radius 2 is 1.78 bits per heavy atom. The number of aromatic carboxylic acids is 1. The monoisotopic (exact) mass is 327 g/mol. The minimum absolute atomic E-state index is 0. The number of nitro benzene ring substituents is 1. The van der Waals surface area contributed by atoms with Crippen molar-refractivity contribution in [2.24, 2.45) is 0 Å². The number of carbonyl (C=O) groups is 1. The van der Waals surface area contributed by atoms with Crippen molar-refractivity contribution in [1.29, 1.82) is 0 Å². The first-order valence-corrected chi connectivity index (χ1v) is 5.16. The van der Waals surface area contributed by atoms with Crippen LogP contribution in [0, 0.1) is 10.1 Å². The van der Waals surface area contributed by atoms with Crippen molar-refractivity contribution in [2.45, 2.75) is 4.90 Å². The summed E-state index contributed by atoms with van der Waals surface area (Å²) in [6.07, 6.45) is 0. The maximum atomic E-state index is 10.8. The average molecular weight is 327 g/mol. The van der Waals surface area contributed by atoms with E-state index in [-0.39, 0.29) is 103 Å². The Bertz CT molecular complexity index is 571. The summed E-state index contributed by atoms with van der Waals surface area (Å²) < 4.78 is 30.3. The van der Waals surface area contributed by atoms with Gasteiger partial charge in [-0.05, 0) is 6.07 Å². The third-order valence-electron chi connectivity index (χ3n) is 1.68. The Hall–Kier alpha value is 1.27. The van der Waals surface area contributed by atoms with Gasteiger partial charge in [0.25, 0.3) is 15.8 Å². The van der Waals surface area contributed by atoms with Crippen molar-refractivity contribution in [3.8, 4) is 0 Å². The zero-order chi connectivity index (χ0) is 12.5. The Kier molecular flexibility index (Phi) is 10.2. The van der Waals surface area contributed by atoms with Gasteiger partial charge in [-0.15, -0.1) is 0 Å². The number of nitro groups is 1. The number of non-ortho nitro benzene ring substituents is 1. The van der Waals surface area contributed by atoms with Gasteiger partial charge in [0.15, 0.2) is 0 Å². The number of rotatable bonds is 3. The molecule has 0 aromatic heterocycles. The van der Waals surface area contributed by atoms with Gasteiger partial charge >= 0.3 is 109 Å². The van der Waals surface area contributed by atoms with E-state index in [0.29, 0.717) is 6.07 Å². The summed E-state index contributed by atoms with van der Waals surface area (Å²) in [6, 6.07) is 2.06. The number of carboxylic acid groups (broad SMARTS) is 1. The molecule has 18 heavy (non-hydrogen) atoms. The van der Waals surface area contributed by atoms with Crippen LogP contribution in [0.25, 0.3) is 0 Å². The molecular formula is C7H7K2NO7S. The van der Waals surface area contributed by atoms with Gasteiger partial charge in [0.05, 0.1) is 10.5 Å². The van der Waals surface area contributed by atoms with Crippen molar-refractivity contribution < 1.29 is 27.8 Å². The van der Waals surface area contributed by atoms with Crippen LogP contribution in [0.5, 0.6) is 0 Å². The number of carboxylic acids is 1. The van der Waals surface area contributed by atoms with Crippen molar-refractivity contribution in [3.05, 3.63) is 33.9 Å². The molecule has 8 nitrogen and oxygen atoms in total. The van der Waals surface area contributed by atoms with Gasteiger partial charge in [0.1, 0.15) is 4.90 Å². The molecule has 0 aliphatic rings. The zero-order valence-electron chi connectivity index (χ0n) is 7.52. The fourth-order valence-corrected chi connectivity index (χ4v) is 1.72. The molecule has 0 spiro atoms. The van der Waals surface area contributed by atoms with Gasteiger partial charge in [-0.25, -0.2) is 4.79 Å². The molecule has 2 N–H and O–H groups in total. The van der Waals surface area contributed by atoms with Gasteiger partial charge in [-0.3, -0.25) is 14.7 Å². The van der Waals surface area contributed by atoms with Crippen LogP contribution in [0.2, 0.25) is 0 Å². The number of hydrogen-bond acceptors (Lipinski definition) is 5. The van der Waals surface area contributed by atoms with Gasteiger partial charge < -0.3 is 5.11 Å². The first-order chi connectivity index (χ1) is 7.23. The summed E-state index contributed by atoms with van der Waals surface area (Å²) >= 11 is 0. The molecule has 1 aromatic rings. The summed E-state index contributed by atoms with van der Waals surface area (Å²) in [5.74, 6) is -1.61. The van der Waals surface area contributed by atoms with Crippen LogP contribution >= 0.6 is 0 Å². The third-order valence-corrected chi connectivity index (χ3v) is 2.58. The van der Waals surface area contributed by atoms with E-state index in [1.807, 2.05) is 0 Å². The molecular weight excluding hydrogens is 320 g/mol. The Balaban J connectivity index is 0. The van der Waals surface area contributed by atoms with Gasteiger partial charge in [-0.2, -0.15) is 8.42 Å². The average Bonchev–Trinajstić information content (AvgIpc) is 2.15. The SMILES string of the molecule is O=C(O)c1ccc([N+](=O)[O-])cc1S(=O)(=O)O.[KH].[KH]. The molecule has 0 bridgehead atoms. The van der Waals surface area contributed by atoms with Crippen molar-refractivity contribution in [1.82, 2.24) is 0 Å². The van der Waals surface area contributed by atoms with Crippen LogP contribution in [0.4, 0.5) is 5.69 Å².